The van der Waals surface area contributed by atoms with E-state index in [1.807, 2.05) is 47.5 Å². The van der Waals surface area contributed by atoms with Crippen molar-refractivity contribution in [3.63, 3.8) is 0 Å². The van der Waals surface area contributed by atoms with Crippen LogP contribution in [0.2, 0.25) is 0 Å². The molecule has 0 fully saturated rings. The van der Waals surface area contributed by atoms with E-state index in [0.717, 1.165) is 17.0 Å². The van der Waals surface area contributed by atoms with Crippen LogP contribution in [-0.2, 0) is 0 Å². The zero-order chi connectivity index (χ0) is 18.4. The molecule has 134 valence electrons. The topological polar surface area (TPSA) is 78.2 Å². The molecule has 0 unspecified atom stereocenters. The van der Waals surface area contributed by atoms with Gasteiger partial charge in [-0.25, -0.2) is 5.01 Å². The van der Waals surface area contributed by atoms with Gasteiger partial charge in [0.15, 0.2) is 0 Å². The van der Waals surface area contributed by atoms with E-state index in [1.54, 1.807) is 6.20 Å². The van der Waals surface area contributed by atoms with Crippen LogP contribution in [0.4, 0.5) is 0 Å². The Balaban J connectivity index is 1.62. The molecule has 2 N–H and O–H groups in total. The summed E-state index contributed by atoms with van der Waals surface area (Å²) in [6, 6.07) is 18.0. The fraction of sp³-hybridized carbons (Fsp3) is 0.143. The van der Waals surface area contributed by atoms with Gasteiger partial charge in [-0.1, -0.05) is 24.3 Å². The van der Waals surface area contributed by atoms with Gasteiger partial charge in [-0.3, -0.25) is 4.98 Å². The van der Waals surface area contributed by atoms with Crippen LogP contribution >= 0.6 is 0 Å². The monoisotopic (exact) mass is 359 g/mol. The number of phenolic OH excluding ortho intramolecular Hbond substituents is 2. The first-order chi connectivity index (χ1) is 13.2. The molecule has 0 spiro atoms. The van der Waals surface area contributed by atoms with Gasteiger partial charge >= 0.3 is 0 Å². The molecule has 6 nitrogen and oxygen atoms in total. The average Bonchev–Trinajstić information content (AvgIpc) is 3.15. The highest BCUT2D eigenvalue weighted by Crippen LogP contribution is 2.47. The van der Waals surface area contributed by atoms with Crippen LogP contribution in [0.1, 0.15) is 35.5 Å². The number of aromatic nitrogens is 1. The Morgan fingerprint density at radius 2 is 1.85 bits per heavy atom. The minimum Gasteiger partial charge on any atom is -0.508 e. The van der Waals surface area contributed by atoms with Crippen LogP contribution < -0.4 is 4.74 Å². The van der Waals surface area contributed by atoms with Crippen LogP contribution in [-0.4, -0.2) is 25.9 Å². The lowest BCUT2D eigenvalue weighted by Gasteiger charge is -2.37. The summed E-state index contributed by atoms with van der Waals surface area (Å²) in [5.74, 6) is 0.995. The van der Waals surface area contributed by atoms with Crippen molar-refractivity contribution in [1.82, 2.24) is 9.99 Å². The highest BCUT2D eigenvalue weighted by Gasteiger charge is 2.41. The van der Waals surface area contributed by atoms with Crippen molar-refractivity contribution < 1.29 is 14.9 Å². The first-order valence-corrected chi connectivity index (χ1v) is 8.75. The van der Waals surface area contributed by atoms with Crippen molar-refractivity contribution in [3.8, 4) is 17.2 Å². The maximum absolute atomic E-state index is 10.3. The van der Waals surface area contributed by atoms with Gasteiger partial charge in [0, 0.05) is 23.7 Å². The van der Waals surface area contributed by atoms with Gasteiger partial charge < -0.3 is 14.9 Å². The van der Waals surface area contributed by atoms with Crippen LogP contribution in [0.25, 0.3) is 0 Å². The van der Waals surface area contributed by atoms with E-state index in [-0.39, 0.29) is 17.5 Å². The van der Waals surface area contributed by atoms with E-state index in [9.17, 15) is 10.2 Å². The molecule has 6 heteroatoms. The van der Waals surface area contributed by atoms with Crippen molar-refractivity contribution in [2.24, 2.45) is 5.10 Å². The minimum absolute atomic E-state index is 0.0290. The molecule has 0 aliphatic carbocycles. The molecular formula is C21H17N3O3. The first kappa shape index (κ1) is 15.7. The van der Waals surface area contributed by atoms with Gasteiger partial charge in [0.25, 0.3) is 0 Å². The number of nitrogens with zero attached hydrogens (tertiary/aromatic N) is 3. The number of ether oxygens (including phenoxy) is 1. The summed E-state index contributed by atoms with van der Waals surface area (Å²) in [5, 5.41) is 26.7. The lowest BCUT2D eigenvalue weighted by molar-refractivity contribution is -0.0218. The second-order valence-corrected chi connectivity index (χ2v) is 6.61. The Morgan fingerprint density at radius 1 is 1.00 bits per heavy atom. The number of rotatable bonds is 2. The smallest absolute Gasteiger partial charge is 0.230 e. The Hall–Kier alpha value is -3.54. The largest absolute Gasteiger partial charge is 0.508 e. The predicted octanol–water partition coefficient (Wildman–Crippen LogP) is 3.74. The second-order valence-electron chi connectivity index (χ2n) is 6.61. The lowest BCUT2D eigenvalue weighted by atomic mass is 9.96. The lowest BCUT2D eigenvalue weighted by Crippen LogP contribution is -2.34. The Morgan fingerprint density at radius 3 is 2.70 bits per heavy atom. The van der Waals surface area contributed by atoms with Crippen molar-refractivity contribution in [1.29, 1.82) is 0 Å². The van der Waals surface area contributed by atoms with E-state index in [2.05, 4.69) is 4.98 Å². The van der Waals surface area contributed by atoms with Crippen molar-refractivity contribution >= 4 is 5.71 Å². The number of para-hydroxylation sites is 1. The Labute approximate surface area is 156 Å². The summed E-state index contributed by atoms with van der Waals surface area (Å²) in [4.78, 5) is 4.44. The molecule has 0 saturated heterocycles. The second kappa shape index (κ2) is 6.02. The summed E-state index contributed by atoms with van der Waals surface area (Å²) in [6.45, 7) is 0. The molecule has 1 aromatic heterocycles. The zero-order valence-corrected chi connectivity index (χ0v) is 14.4. The summed E-state index contributed by atoms with van der Waals surface area (Å²) in [7, 11) is 0. The highest BCUT2D eigenvalue weighted by atomic mass is 16.5. The SMILES string of the molecule is Oc1ccc(O)c(C2=NN3[C@H](C2)c2ccccc2O[C@H]3c2ccccn2)c1. The third-order valence-electron chi connectivity index (χ3n) is 4.93. The zero-order valence-electron chi connectivity index (χ0n) is 14.4. The number of benzene rings is 2. The normalized spacial score (nSPS) is 20.4. The Bertz CT molecular complexity index is 1040. The van der Waals surface area contributed by atoms with Crippen LogP contribution in [0.5, 0.6) is 17.2 Å². The molecule has 2 aromatic carbocycles. The molecule has 2 aliphatic rings. The molecule has 2 aliphatic heterocycles. The van der Waals surface area contributed by atoms with E-state index >= 15 is 0 Å². The maximum Gasteiger partial charge on any atom is 0.230 e. The summed E-state index contributed by atoms with van der Waals surface area (Å²) in [6.07, 6.45) is 1.87. The third kappa shape index (κ3) is 2.57. The molecule has 0 bridgehead atoms. The molecule has 3 aromatic rings. The summed E-state index contributed by atoms with van der Waals surface area (Å²) >= 11 is 0. The van der Waals surface area contributed by atoms with Crippen LogP contribution in [0, 0.1) is 0 Å². The van der Waals surface area contributed by atoms with Crippen LogP contribution in [0.15, 0.2) is 72.0 Å². The number of hydrazone groups is 1. The van der Waals surface area contributed by atoms with Gasteiger partial charge in [-0.05, 0) is 36.4 Å². The quantitative estimate of drug-likeness (QED) is 0.682. The van der Waals surface area contributed by atoms with Crippen molar-refractivity contribution in [2.75, 3.05) is 0 Å². The molecule has 0 amide bonds. The summed E-state index contributed by atoms with van der Waals surface area (Å²) < 4.78 is 6.21. The molecule has 3 heterocycles. The predicted molar refractivity (Wildman–Crippen MR) is 99.6 cm³/mol. The number of hydrogen-bond donors (Lipinski definition) is 2. The Kier molecular flexibility index (Phi) is 3.50. The molecule has 0 saturated carbocycles. The van der Waals surface area contributed by atoms with Crippen molar-refractivity contribution in [3.05, 3.63) is 83.7 Å². The van der Waals surface area contributed by atoms with Gasteiger partial charge in [-0.2, -0.15) is 5.10 Å². The van der Waals surface area contributed by atoms with Crippen molar-refractivity contribution in [2.45, 2.75) is 18.7 Å². The minimum atomic E-state index is -0.456. The van der Waals surface area contributed by atoms with E-state index in [1.165, 1.54) is 18.2 Å². The van der Waals surface area contributed by atoms with Gasteiger partial charge in [0.2, 0.25) is 6.23 Å². The highest BCUT2D eigenvalue weighted by molar-refractivity contribution is 6.04. The average molecular weight is 359 g/mol. The summed E-state index contributed by atoms with van der Waals surface area (Å²) in [5.41, 5.74) is 3.04. The standard InChI is InChI=1S/C21H17N3O3/c25-13-8-9-19(26)15(11-13)17-12-18-14-5-1-2-7-20(14)27-21(24(18)23-17)16-6-3-4-10-22-16/h1-11,18,21,25-26H,12H2/t18-,21+/m1/s1. The van der Waals surface area contributed by atoms with E-state index in [0.29, 0.717) is 17.7 Å². The van der Waals surface area contributed by atoms with E-state index in [4.69, 9.17) is 9.84 Å². The van der Waals surface area contributed by atoms with Crippen LogP contribution in [0.3, 0.4) is 0 Å². The molecular weight excluding hydrogens is 342 g/mol. The third-order valence-corrected chi connectivity index (χ3v) is 4.93. The number of phenols is 2. The fourth-order valence-electron chi connectivity index (χ4n) is 3.67. The van der Waals surface area contributed by atoms with Gasteiger partial charge in [0.1, 0.15) is 22.9 Å². The number of fused-ring (bicyclic) bond motifs is 3. The maximum atomic E-state index is 10.3. The number of hydrogen-bond acceptors (Lipinski definition) is 6. The van der Waals surface area contributed by atoms with Gasteiger partial charge in [-0.15, -0.1) is 0 Å². The number of pyridine rings is 1. The van der Waals surface area contributed by atoms with E-state index < -0.39 is 6.23 Å². The molecule has 27 heavy (non-hydrogen) atoms. The first-order valence-electron chi connectivity index (χ1n) is 8.75. The molecule has 2 atom stereocenters. The fourth-order valence-corrected chi connectivity index (χ4v) is 3.67. The molecule has 0 radical (unpaired) electrons. The van der Waals surface area contributed by atoms with Gasteiger partial charge in [0.05, 0.1) is 11.8 Å². The molecule has 5 rings (SSSR count). The number of aromatic hydroxyl groups is 2.